The average molecular weight is 719 g/mol. The lowest BCUT2D eigenvalue weighted by Crippen LogP contribution is -2.59. The smallest absolute Gasteiger partial charge is 0.257 e. The third-order valence-corrected chi connectivity index (χ3v) is 12.7. The first kappa shape index (κ1) is 30.6. The van der Waals surface area contributed by atoms with Crippen molar-refractivity contribution in [3.8, 4) is 11.5 Å². The van der Waals surface area contributed by atoms with Gasteiger partial charge in [-0.15, -0.1) is 11.3 Å². The van der Waals surface area contributed by atoms with Crippen molar-refractivity contribution < 1.29 is 4.74 Å². The van der Waals surface area contributed by atoms with Crippen LogP contribution in [-0.2, 0) is 0 Å². The minimum absolute atomic E-state index is 0.0203. The number of hydrogen-bond donors (Lipinski definition) is 0. The van der Waals surface area contributed by atoms with E-state index in [1.54, 1.807) is 0 Å². The van der Waals surface area contributed by atoms with E-state index in [0.717, 1.165) is 34.2 Å². The topological polar surface area (TPSA) is 15.7 Å². The van der Waals surface area contributed by atoms with Gasteiger partial charge in [0.1, 0.15) is 11.5 Å². The first-order valence-corrected chi connectivity index (χ1v) is 19.6. The molecule has 10 aromatic rings. The fourth-order valence-electron chi connectivity index (χ4n) is 9.09. The summed E-state index contributed by atoms with van der Waals surface area (Å²) in [6.07, 6.45) is 0. The Morgan fingerprint density at radius 2 is 1.15 bits per heavy atom. The van der Waals surface area contributed by atoms with Crippen LogP contribution in [0, 0.1) is 0 Å². The number of anilines is 6. The summed E-state index contributed by atoms with van der Waals surface area (Å²) in [4.78, 5) is 4.75. The molecule has 5 heteroatoms. The van der Waals surface area contributed by atoms with E-state index < -0.39 is 0 Å². The quantitative estimate of drug-likeness (QED) is 0.169. The lowest BCUT2D eigenvalue weighted by molar-refractivity contribution is 0.488. The van der Waals surface area contributed by atoms with Crippen molar-refractivity contribution in [3.05, 3.63) is 188 Å². The molecule has 2 aliphatic rings. The summed E-state index contributed by atoms with van der Waals surface area (Å²) in [6.45, 7) is 0.0203. The predicted octanol–water partition coefficient (Wildman–Crippen LogP) is 12.2. The highest BCUT2D eigenvalue weighted by Gasteiger charge is 2.43. The summed E-state index contributed by atoms with van der Waals surface area (Å²) in [6, 6.07) is 68.1. The van der Waals surface area contributed by atoms with Crippen LogP contribution >= 0.6 is 11.3 Å². The molecule has 12 rings (SSSR count). The van der Waals surface area contributed by atoms with Crippen LogP contribution in [-0.4, -0.2) is 6.71 Å². The lowest BCUT2D eigenvalue weighted by atomic mass is 9.33. The first-order valence-electron chi connectivity index (χ1n) is 18.8. The number of para-hydroxylation sites is 3. The maximum atomic E-state index is 6.95. The molecule has 55 heavy (non-hydrogen) atoms. The zero-order valence-corrected chi connectivity index (χ0v) is 30.5. The lowest BCUT2D eigenvalue weighted by Gasteiger charge is -2.40. The second kappa shape index (κ2) is 11.8. The van der Waals surface area contributed by atoms with E-state index in [2.05, 4.69) is 198 Å². The van der Waals surface area contributed by atoms with Gasteiger partial charge in [-0.05, 0) is 117 Å². The summed E-state index contributed by atoms with van der Waals surface area (Å²) in [5, 5.41) is 7.51. The van der Waals surface area contributed by atoms with Gasteiger partial charge in [-0.1, -0.05) is 109 Å². The number of benzene rings is 9. The van der Waals surface area contributed by atoms with Gasteiger partial charge >= 0.3 is 0 Å². The van der Waals surface area contributed by atoms with E-state index in [9.17, 15) is 0 Å². The maximum Gasteiger partial charge on any atom is 0.257 e. The summed E-state index contributed by atoms with van der Waals surface area (Å²) in [5.41, 5.74) is 10.7. The largest absolute Gasteiger partial charge is 0.458 e. The summed E-state index contributed by atoms with van der Waals surface area (Å²) in [5.74, 6) is 1.86. The van der Waals surface area contributed by atoms with Crippen molar-refractivity contribution in [1.82, 2.24) is 0 Å². The van der Waals surface area contributed by atoms with Gasteiger partial charge in [0.15, 0.2) is 0 Å². The third-order valence-electron chi connectivity index (χ3n) is 11.5. The Balaban J connectivity index is 1.06. The van der Waals surface area contributed by atoms with Gasteiger partial charge in [-0.3, -0.25) is 0 Å². The number of nitrogens with zero attached hydrogens (tertiary/aromatic N) is 2. The Morgan fingerprint density at radius 1 is 0.455 bits per heavy atom. The van der Waals surface area contributed by atoms with Gasteiger partial charge in [-0.25, -0.2) is 0 Å². The van der Waals surface area contributed by atoms with Crippen molar-refractivity contribution in [2.75, 3.05) is 9.80 Å². The molecular formula is C50H31BN2OS. The van der Waals surface area contributed by atoms with Crippen LogP contribution < -0.4 is 30.9 Å². The van der Waals surface area contributed by atoms with E-state index in [4.69, 9.17) is 4.74 Å². The van der Waals surface area contributed by atoms with Crippen molar-refractivity contribution in [2.24, 2.45) is 0 Å². The Labute approximate surface area is 323 Å². The molecule has 0 saturated heterocycles. The maximum absolute atomic E-state index is 6.95. The first-order chi connectivity index (χ1) is 27.3. The van der Waals surface area contributed by atoms with Gasteiger partial charge in [0.25, 0.3) is 6.71 Å². The molecule has 0 fully saturated rings. The molecule has 256 valence electrons. The van der Waals surface area contributed by atoms with Crippen LogP contribution in [0.4, 0.5) is 34.1 Å². The molecule has 0 saturated carbocycles. The van der Waals surface area contributed by atoms with Crippen LogP contribution in [0.5, 0.6) is 11.5 Å². The Bertz CT molecular complexity index is 3110. The molecule has 0 bridgehead atoms. The van der Waals surface area contributed by atoms with Crippen LogP contribution in [0.1, 0.15) is 0 Å². The fourth-order valence-corrected chi connectivity index (χ4v) is 10.4. The molecule has 0 spiro atoms. The van der Waals surface area contributed by atoms with E-state index in [-0.39, 0.29) is 6.71 Å². The molecular weight excluding hydrogens is 687 g/mol. The zero-order chi connectivity index (χ0) is 36.0. The van der Waals surface area contributed by atoms with Gasteiger partial charge in [0.05, 0.1) is 0 Å². The SMILES string of the molecule is c1ccc(N(c2ccccc2)c2ccc3c(ccc4c5cc6c(cc5sc34)B3c4c(cccc4N(c4ccccc4)c4ccc5ccccc5c43)O6)c2)cc1. The predicted molar refractivity (Wildman–Crippen MR) is 235 cm³/mol. The highest BCUT2D eigenvalue weighted by atomic mass is 32.1. The Kier molecular flexibility index (Phi) is 6.60. The molecule has 3 nitrogen and oxygen atoms in total. The molecule has 0 atom stereocenters. The Hall–Kier alpha value is -6.82. The second-order valence-corrected chi connectivity index (χ2v) is 15.5. The van der Waals surface area contributed by atoms with Gasteiger partial charge in [0, 0.05) is 54.3 Å². The molecule has 0 aliphatic carbocycles. The van der Waals surface area contributed by atoms with Gasteiger partial charge in [-0.2, -0.15) is 0 Å². The molecule has 0 N–H and O–H groups in total. The second-order valence-electron chi connectivity index (χ2n) is 14.5. The van der Waals surface area contributed by atoms with E-state index in [1.165, 1.54) is 69.5 Å². The van der Waals surface area contributed by atoms with Crippen molar-refractivity contribution in [1.29, 1.82) is 0 Å². The van der Waals surface area contributed by atoms with E-state index in [1.807, 2.05) is 11.3 Å². The molecule has 0 unspecified atom stereocenters. The molecule has 1 aromatic heterocycles. The van der Waals surface area contributed by atoms with Crippen molar-refractivity contribution in [3.63, 3.8) is 0 Å². The van der Waals surface area contributed by atoms with Crippen LogP contribution in [0.3, 0.4) is 0 Å². The highest BCUT2D eigenvalue weighted by molar-refractivity contribution is 7.26. The standard InChI is InChI=1S/C50H31BN2OS/c1-4-14-34(15-5-1)52(35-16-6-2-7-17-35)37-25-27-39-33(29-37)23-26-40-41-30-46-42(31-47(41)55-50(39)40)51-48-38-20-11-10-13-32(38)24-28-44(48)53(36-18-8-3-9-19-36)43-21-12-22-45(54-46)49(43)51/h1-31H. The van der Waals surface area contributed by atoms with E-state index in [0.29, 0.717) is 0 Å². The third kappa shape index (κ3) is 4.57. The zero-order valence-electron chi connectivity index (χ0n) is 29.7. The Morgan fingerprint density at radius 3 is 1.95 bits per heavy atom. The van der Waals surface area contributed by atoms with E-state index >= 15 is 0 Å². The average Bonchev–Trinajstić information content (AvgIpc) is 3.61. The molecule has 3 heterocycles. The molecule has 0 amide bonds. The molecule has 9 aromatic carbocycles. The summed E-state index contributed by atoms with van der Waals surface area (Å²) < 4.78 is 9.52. The normalized spacial score (nSPS) is 12.8. The number of ether oxygens (including phenoxy) is 1. The fraction of sp³-hybridized carbons (Fsp3) is 0. The van der Waals surface area contributed by atoms with Crippen LogP contribution in [0.15, 0.2) is 188 Å². The summed E-state index contributed by atoms with van der Waals surface area (Å²) in [7, 11) is 0. The number of hydrogen-bond acceptors (Lipinski definition) is 4. The molecule has 0 radical (unpaired) electrons. The molecule has 2 aliphatic heterocycles. The summed E-state index contributed by atoms with van der Waals surface area (Å²) >= 11 is 1.89. The van der Waals surface area contributed by atoms with Gasteiger partial charge < -0.3 is 14.5 Å². The van der Waals surface area contributed by atoms with Crippen LogP contribution in [0.25, 0.3) is 41.7 Å². The monoisotopic (exact) mass is 718 g/mol. The van der Waals surface area contributed by atoms with Crippen LogP contribution in [0.2, 0.25) is 0 Å². The van der Waals surface area contributed by atoms with Crippen molar-refractivity contribution in [2.45, 2.75) is 0 Å². The minimum Gasteiger partial charge on any atom is -0.458 e. The van der Waals surface area contributed by atoms with Crippen molar-refractivity contribution >= 4 is 110 Å². The number of rotatable bonds is 4. The highest BCUT2D eigenvalue weighted by Crippen LogP contribution is 2.45. The number of thiophene rings is 1. The van der Waals surface area contributed by atoms with Gasteiger partial charge in [0.2, 0.25) is 0 Å². The minimum atomic E-state index is 0.0203. The number of fused-ring (bicyclic) bond motifs is 11.